The Balaban J connectivity index is 2.03. The topological polar surface area (TPSA) is 84.0 Å². The molecule has 2 aromatic rings. The fourth-order valence-corrected chi connectivity index (χ4v) is 2.29. The average Bonchev–Trinajstić information content (AvgIpc) is 2.61. The number of carbonyl (C=O) groups excluding carboxylic acids is 2. The van der Waals surface area contributed by atoms with Crippen LogP contribution in [0.2, 0.25) is 0 Å². The van der Waals surface area contributed by atoms with E-state index in [1.807, 2.05) is 6.92 Å². The highest BCUT2D eigenvalue weighted by molar-refractivity contribution is 5.93. The lowest BCUT2D eigenvalue weighted by molar-refractivity contribution is -0.116. The van der Waals surface area contributed by atoms with Gasteiger partial charge in [-0.25, -0.2) is 9.37 Å². The number of aromatic nitrogens is 2. The lowest BCUT2D eigenvalue weighted by Crippen LogP contribution is -2.26. The molecule has 0 unspecified atom stereocenters. The van der Waals surface area contributed by atoms with E-state index >= 15 is 0 Å². The average molecular weight is 356 g/mol. The van der Waals surface area contributed by atoms with Gasteiger partial charge in [0.25, 0.3) is 5.91 Å². The summed E-state index contributed by atoms with van der Waals surface area (Å²) in [6.45, 7) is 8.89. The maximum absolute atomic E-state index is 14.2. The van der Waals surface area contributed by atoms with Crippen molar-refractivity contribution in [2.45, 2.75) is 33.9 Å². The first kappa shape index (κ1) is 19.2. The fraction of sp³-hybridized carbons (Fsp3) is 0.263. The van der Waals surface area contributed by atoms with Gasteiger partial charge in [-0.3, -0.25) is 14.6 Å². The predicted molar refractivity (Wildman–Crippen MR) is 95.9 cm³/mol. The number of rotatable bonds is 6. The first-order valence-electron chi connectivity index (χ1n) is 8.09. The number of aryl methyl sites for hydroxylation is 3. The summed E-state index contributed by atoms with van der Waals surface area (Å²) in [7, 11) is 0. The highest BCUT2D eigenvalue weighted by Gasteiger charge is 2.14. The zero-order valence-corrected chi connectivity index (χ0v) is 15.0. The summed E-state index contributed by atoms with van der Waals surface area (Å²) in [5.74, 6) is -1.19. The third-order valence-corrected chi connectivity index (χ3v) is 3.91. The fourth-order valence-electron chi connectivity index (χ4n) is 2.29. The minimum atomic E-state index is -0.460. The van der Waals surface area contributed by atoms with E-state index < -0.39 is 11.7 Å². The van der Waals surface area contributed by atoms with Crippen molar-refractivity contribution in [3.8, 4) is 0 Å². The number of benzene rings is 1. The normalized spacial score (nSPS) is 10.3. The zero-order valence-electron chi connectivity index (χ0n) is 15.0. The second-order valence-corrected chi connectivity index (χ2v) is 5.86. The van der Waals surface area contributed by atoms with Crippen molar-refractivity contribution in [2.24, 2.45) is 0 Å². The van der Waals surface area contributed by atoms with Crippen LogP contribution in [-0.4, -0.2) is 21.8 Å². The Morgan fingerprint density at radius 2 is 1.77 bits per heavy atom. The summed E-state index contributed by atoms with van der Waals surface area (Å²) < 4.78 is 14.2. The van der Waals surface area contributed by atoms with Gasteiger partial charge in [0, 0.05) is 18.7 Å². The summed E-state index contributed by atoms with van der Waals surface area (Å²) in [6, 6.07) is 4.59. The molecule has 136 valence electrons. The molecule has 7 heteroatoms. The number of hydrogen-bond donors (Lipinski definition) is 2. The van der Waals surface area contributed by atoms with Crippen LogP contribution >= 0.6 is 0 Å². The standard InChI is InChI=1S/C19H21FN4O2/c1-5-17(25)21-9-14-6-7-15(16(20)8-14)10-22-19(26)18-13(4)23-11(2)12(3)24-18/h5-8H,1,9-10H2,2-4H3,(H,21,25)(H,22,26). The van der Waals surface area contributed by atoms with Gasteiger partial charge in [-0.1, -0.05) is 18.7 Å². The molecule has 6 nitrogen and oxygen atoms in total. The smallest absolute Gasteiger partial charge is 0.272 e. The van der Waals surface area contributed by atoms with E-state index in [0.717, 1.165) is 11.8 Å². The van der Waals surface area contributed by atoms with Crippen molar-refractivity contribution >= 4 is 11.8 Å². The van der Waals surface area contributed by atoms with Gasteiger partial charge >= 0.3 is 0 Å². The number of hydrogen-bond acceptors (Lipinski definition) is 4. The van der Waals surface area contributed by atoms with Gasteiger partial charge in [-0.15, -0.1) is 0 Å². The van der Waals surface area contributed by atoms with Gasteiger partial charge in [0.05, 0.1) is 17.1 Å². The van der Waals surface area contributed by atoms with E-state index in [1.165, 1.54) is 6.07 Å². The molecule has 0 saturated carbocycles. The van der Waals surface area contributed by atoms with Crippen LogP contribution in [0.15, 0.2) is 30.9 Å². The molecule has 0 bridgehead atoms. The van der Waals surface area contributed by atoms with E-state index in [4.69, 9.17) is 0 Å². The maximum Gasteiger partial charge on any atom is 0.272 e. The van der Waals surface area contributed by atoms with Gasteiger partial charge in [-0.2, -0.15) is 0 Å². The minimum Gasteiger partial charge on any atom is -0.348 e. The Morgan fingerprint density at radius 3 is 2.42 bits per heavy atom. The van der Waals surface area contributed by atoms with Crippen LogP contribution in [0.3, 0.4) is 0 Å². The van der Waals surface area contributed by atoms with Crippen molar-refractivity contribution in [2.75, 3.05) is 0 Å². The molecule has 0 fully saturated rings. The molecule has 0 atom stereocenters. The quantitative estimate of drug-likeness (QED) is 0.778. The lowest BCUT2D eigenvalue weighted by atomic mass is 10.1. The molecule has 0 aliphatic rings. The molecular formula is C19H21FN4O2. The predicted octanol–water partition coefficient (Wildman–Crippen LogP) is 2.27. The summed E-state index contributed by atoms with van der Waals surface area (Å²) in [5.41, 5.74) is 3.16. The van der Waals surface area contributed by atoms with Crippen molar-refractivity contribution < 1.29 is 14.0 Å². The molecule has 0 radical (unpaired) electrons. The highest BCUT2D eigenvalue weighted by Crippen LogP contribution is 2.12. The Labute approximate surface area is 151 Å². The molecular weight excluding hydrogens is 335 g/mol. The van der Waals surface area contributed by atoms with Crippen LogP contribution < -0.4 is 10.6 Å². The van der Waals surface area contributed by atoms with E-state index in [1.54, 1.807) is 26.0 Å². The summed E-state index contributed by atoms with van der Waals surface area (Å²) in [5, 5.41) is 5.23. The Morgan fingerprint density at radius 1 is 1.08 bits per heavy atom. The third kappa shape index (κ3) is 4.72. The Hall–Kier alpha value is -3.09. The molecule has 0 spiro atoms. The number of nitrogens with one attached hydrogen (secondary N) is 2. The minimum absolute atomic E-state index is 0.0258. The second kappa shape index (κ2) is 8.33. The first-order chi connectivity index (χ1) is 12.3. The summed E-state index contributed by atoms with van der Waals surface area (Å²) >= 11 is 0. The number of halogens is 1. The number of amides is 2. The number of nitrogens with zero attached hydrogens (tertiary/aromatic N) is 2. The van der Waals surface area contributed by atoms with E-state index in [-0.39, 0.29) is 24.7 Å². The highest BCUT2D eigenvalue weighted by atomic mass is 19.1. The van der Waals surface area contributed by atoms with Crippen LogP contribution in [0, 0.1) is 26.6 Å². The second-order valence-electron chi connectivity index (χ2n) is 5.86. The molecule has 2 amide bonds. The van der Waals surface area contributed by atoms with E-state index in [9.17, 15) is 14.0 Å². The van der Waals surface area contributed by atoms with E-state index in [2.05, 4.69) is 27.2 Å². The molecule has 2 N–H and O–H groups in total. The molecule has 1 aromatic heterocycles. The lowest BCUT2D eigenvalue weighted by Gasteiger charge is -2.10. The Kier molecular flexibility index (Phi) is 6.16. The van der Waals surface area contributed by atoms with Crippen LogP contribution in [-0.2, 0) is 17.9 Å². The van der Waals surface area contributed by atoms with Crippen molar-refractivity contribution in [1.29, 1.82) is 0 Å². The van der Waals surface area contributed by atoms with E-state index in [0.29, 0.717) is 22.5 Å². The van der Waals surface area contributed by atoms with Crippen LogP contribution in [0.4, 0.5) is 4.39 Å². The molecule has 0 saturated heterocycles. The van der Waals surface area contributed by atoms with Gasteiger partial charge < -0.3 is 10.6 Å². The number of carbonyl (C=O) groups is 2. The SMILES string of the molecule is C=CC(=O)NCc1ccc(CNC(=O)c2nc(C)c(C)nc2C)c(F)c1. The summed E-state index contributed by atoms with van der Waals surface area (Å²) in [6.07, 6.45) is 1.15. The van der Waals surface area contributed by atoms with Gasteiger partial charge in [0.1, 0.15) is 11.5 Å². The van der Waals surface area contributed by atoms with Crippen LogP contribution in [0.1, 0.15) is 38.7 Å². The largest absolute Gasteiger partial charge is 0.348 e. The third-order valence-electron chi connectivity index (χ3n) is 3.91. The first-order valence-corrected chi connectivity index (χ1v) is 8.09. The van der Waals surface area contributed by atoms with Crippen LogP contribution in [0.5, 0.6) is 0 Å². The van der Waals surface area contributed by atoms with Gasteiger partial charge in [0.2, 0.25) is 5.91 Å². The zero-order chi connectivity index (χ0) is 19.3. The van der Waals surface area contributed by atoms with Crippen molar-refractivity contribution in [3.63, 3.8) is 0 Å². The van der Waals surface area contributed by atoms with Crippen molar-refractivity contribution in [3.05, 3.63) is 70.6 Å². The Bertz CT molecular complexity index is 865. The molecule has 1 aromatic carbocycles. The molecule has 0 aliphatic heterocycles. The molecule has 1 heterocycles. The van der Waals surface area contributed by atoms with Gasteiger partial charge in [0.15, 0.2) is 0 Å². The van der Waals surface area contributed by atoms with Crippen molar-refractivity contribution in [1.82, 2.24) is 20.6 Å². The molecule has 0 aliphatic carbocycles. The summed E-state index contributed by atoms with van der Waals surface area (Å²) in [4.78, 5) is 32.0. The molecule has 2 rings (SSSR count). The van der Waals surface area contributed by atoms with Crippen LogP contribution in [0.25, 0.3) is 0 Å². The van der Waals surface area contributed by atoms with Gasteiger partial charge in [-0.05, 0) is 38.5 Å². The monoisotopic (exact) mass is 356 g/mol. The maximum atomic E-state index is 14.2. The molecule has 26 heavy (non-hydrogen) atoms.